The molecule has 0 unspecified atom stereocenters. The van der Waals surface area contributed by atoms with Crippen molar-refractivity contribution in [3.8, 4) is 6.07 Å². The molecule has 0 aliphatic rings. The number of rotatable bonds is 0. The summed E-state index contributed by atoms with van der Waals surface area (Å²) < 4.78 is 1.28. The van der Waals surface area contributed by atoms with Gasteiger partial charge in [-0.15, -0.1) is 0 Å². The van der Waals surface area contributed by atoms with E-state index in [9.17, 15) is 0 Å². The largest absolute Gasteiger partial charge is 1.00 e. The molecule has 0 aliphatic heterocycles. The molecule has 1 aromatic rings. The molecule has 0 bridgehead atoms. The molecule has 0 aliphatic carbocycles. The molecule has 0 spiro atoms. The molecule has 0 saturated heterocycles. The fourth-order valence-corrected chi connectivity index (χ4v) is 0.550. The van der Waals surface area contributed by atoms with Crippen LogP contribution in [0, 0.1) is 11.3 Å². The zero-order valence-corrected chi connectivity index (χ0v) is 7.32. The van der Waals surface area contributed by atoms with Crippen LogP contribution in [0.4, 0.5) is 0 Å². The number of nitrogens with zero attached hydrogens (tertiary/aromatic N) is 2. The van der Waals surface area contributed by atoms with Crippen LogP contribution in [0.25, 0.3) is 0 Å². The highest BCUT2D eigenvalue weighted by molar-refractivity contribution is 5.12. The van der Waals surface area contributed by atoms with Crippen LogP contribution in [0.15, 0.2) is 24.4 Å². The Morgan fingerprint density at radius 3 is 2.60 bits per heavy atom. The topological polar surface area (TPSA) is 53.7 Å². The summed E-state index contributed by atoms with van der Waals surface area (Å²) in [7, 11) is 0. The summed E-state index contributed by atoms with van der Waals surface area (Å²) in [6, 6.07) is 7.12. The molecule has 1 rings (SSSR count). The van der Waals surface area contributed by atoms with Gasteiger partial charge < -0.3 is 24.0 Å². The monoisotopic (exact) mass is 247 g/mol. The first-order valence-electron chi connectivity index (χ1n) is 2.50. The van der Waals surface area contributed by atoms with Crippen molar-refractivity contribution < 1.29 is 28.7 Å². The van der Waals surface area contributed by atoms with Gasteiger partial charge in [0, 0.05) is 12.1 Å². The highest BCUT2D eigenvalue weighted by Crippen LogP contribution is 1.83. The average molecular weight is 247 g/mol. The predicted molar refractivity (Wildman–Crippen MR) is 31.5 cm³/mol. The fourth-order valence-electron chi connectivity index (χ4n) is 0.550. The fraction of sp³-hybridized carbons (Fsp3) is 0. The minimum Gasteiger partial charge on any atom is -1.00 e. The van der Waals surface area contributed by atoms with E-state index in [1.165, 1.54) is 4.68 Å². The second-order valence-corrected chi connectivity index (χ2v) is 1.60. The summed E-state index contributed by atoms with van der Waals surface area (Å²) in [6.07, 6.45) is 1.62. The van der Waals surface area contributed by atoms with Gasteiger partial charge in [-0.2, -0.15) is 5.26 Å². The normalized spacial score (nSPS) is 7.50. The molecular formula is C6H6IN3. The van der Waals surface area contributed by atoms with Crippen LogP contribution in [0.5, 0.6) is 0 Å². The van der Waals surface area contributed by atoms with E-state index in [0.717, 1.165) is 0 Å². The van der Waals surface area contributed by atoms with Gasteiger partial charge in [-0.05, 0) is 6.07 Å². The van der Waals surface area contributed by atoms with Gasteiger partial charge in [0.1, 0.15) is 0 Å². The van der Waals surface area contributed by atoms with E-state index in [1.807, 2.05) is 6.07 Å². The lowest BCUT2D eigenvalue weighted by Gasteiger charge is -1.83. The van der Waals surface area contributed by atoms with E-state index in [2.05, 4.69) is 0 Å². The standard InChI is InChI=1S/C6H6N3.HI/c7-5-6-3-1-2-4-9(6)8;/h1-4H,8H2;1H/q+1;/p-1. The lowest BCUT2D eigenvalue weighted by atomic mass is 10.4. The van der Waals surface area contributed by atoms with Crippen LogP contribution < -0.4 is 34.5 Å². The van der Waals surface area contributed by atoms with Crippen LogP contribution in [-0.2, 0) is 0 Å². The molecule has 1 aromatic heterocycles. The number of halogens is 1. The number of hydrogen-bond donors (Lipinski definition) is 1. The molecule has 2 N–H and O–H groups in total. The molecule has 52 valence electrons. The maximum atomic E-state index is 8.37. The van der Waals surface area contributed by atoms with Crippen LogP contribution in [0.1, 0.15) is 5.69 Å². The molecule has 3 nitrogen and oxygen atoms in total. The first-order chi connectivity index (χ1) is 4.34. The van der Waals surface area contributed by atoms with Gasteiger partial charge in [0.15, 0.2) is 6.07 Å². The van der Waals surface area contributed by atoms with Crippen LogP contribution in [0.3, 0.4) is 0 Å². The molecule has 0 amide bonds. The van der Waals surface area contributed by atoms with E-state index < -0.39 is 0 Å². The van der Waals surface area contributed by atoms with Gasteiger partial charge in [0.2, 0.25) is 6.20 Å². The maximum Gasteiger partial charge on any atom is 0.311 e. The van der Waals surface area contributed by atoms with Gasteiger partial charge in [0.25, 0.3) is 0 Å². The summed E-state index contributed by atoms with van der Waals surface area (Å²) in [5.74, 6) is 5.33. The molecule has 4 heteroatoms. The number of aromatic nitrogens is 1. The van der Waals surface area contributed by atoms with Crippen molar-refractivity contribution >= 4 is 0 Å². The summed E-state index contributed by atoms with van der Waals surface area (Å²) in [4.78, 5) is 0. The van der Waals surface area contributed by atoms with Crippen molar-refractivity contribution in [3.05, 3.63) is 30.1 Å². The number of hydrogen-bond acceptors (Lipinski definition) is 2. The van der Waals surface area contributed by atoms with Crippen molar-refractivity contribution in [2.75, 3.05) is 5.84 Å². The van der Waals surface area contributed by atoms with Crippen molar-refractivity contribution in [1.82, 2.24) is 0 Å². The Hall–Kier alpha value is -0.830. The molecular weight excluding hydrogens is 241 g/mol. The molecule has 0 aromatic carbocycles. The molecule has 0 atom stereocenters. The zero-order valence-electron chi connectivity index (χ0n) is 5.16. The minimum atomic E-state index is 0. The number of nitrogens with two attached hydrogens (primary N) is 1. The third-order valence-electron chi connectivity index (χ3n) is 1.00. The summed E-state index contributed by atoms with van der Waals surface area (Å²) >= 11 is 0. The van der Waals surface area contributed by atoms with Gasteiger partial charge in [0.05, 0.1) is 0 Å². The highest BCUT2D eigenvalue weighted by atomic mass is 127. The average Bonchev–Trinajstić information content (AvgIpc) is 1.89. The third kappa shape index (κ3) is 1.84. The van der Waals surface area contributed by atoms with E-state index in [1.54, 1.807) is 24.4 Å². The van der Waals surface area contributed by atoms with Crippen LogP contribution in [-0.4, -0.2) is 0 Å². The second-order valence-electron chi connectivity index (χ2n) is 1.60. The van der Waals surface area contributed by atoms with E-state index >= 15 is 0 Å². The molecule has 0 saturated carbocycles. The van der Waals surface area contributed by atoms with Crippen molar-refractivity contribution in [1.29, 1.82) is 5.26 Å². The van der Waals surface area contributed by atoms with Gasteiger partial charge in [-0.25, -0.2) is 5.84 Å². The third-order valence-corrected chi connectivity index (χ3v) is 1.00. The molecule has 1 heterocycles. The Kier molecular flexibility index (Phi) is 3.72. The van der Waals surface area contributed by atoms with Gasteiger partial charge >= 0.3 is 5.69 Å². The van der Waals surface area contributed by atoms with Crippen molar-refractivity contribution in [2.45, 2.75) is 0 Å². The van der Waals surface area contributed by atoms with Crippen LogP contribution >= 0.6 is 0 Å². The molecule has 10 heavy (non-hydrogen) atoms. The molecule has 0 radical (unpaired) electrons. The molecule has 0 fully saturated rings. The number of pyridine rings is 1. The SMILES string of the molecule is N#Cc1cccc[n+]1N.[I-]. The summed E-state index contributed by atoms with van der Waals surface area (Å²) in [5, 5.41) is 8.37. The highest BCUT2D eigenvalue weighted by Gasteiger charge is 2.00. The maximum absolute atomic E-state index is 8.37. The Morgan fingerprint density at radius 2 is 2.20 bits per heavy atom. The summed E-state index contributed by atoms with van der Waals surface area (Å²) in [6.45, 7) is 0. The smallest absolute Gasteiger partial charge is 0.311 e. The lowest BCUT2D eigenvalue weighted by molar-refractivity contribution is -0.641. The second kappa shape index (κ2) is 4.06. The van der Waals surface area contributed by atoms with E-state index in [4.69, 9.17) is 11.1 Å². The Balaban J connectivity index is 0.000000810. The quantitative estimate of drug-likeness (QED) is 0.294. The minimum absolute atomic E-state index is 0. The van der Waals surface area contributed by atoms with Gasteiger partial charge in [-0.1, -0.05) is 4.68 Å². The van der Waals surface area contributed by atoms with Crippen molar-refractivity contribution in [2.24, 2.45) is 0 Å². The number of nitrogen functional groups attached to an aromatic ring is 1. The Morgan fingerprint density at radius 1 is 1.50 bits per heavy atom. The Labute approximate surface area is 76.1 Å². The van der Waals surface area contributed by atoms with E-state index in [-0.39, 0.29) is 24.0 Å². The Bertz CT molecular complexity index is 253. The van der Waals surface area contributed by atoms with Gasteiger partial charge in [-0.3, -0.25) is 0 Å². The summed E-state index contributed by atoms with van der Waals surface area (Å²) in [5.41, 5.74) is 0.456. The first-order valence-corrected chi connectivity index (χ1v) is 2.50. The van der Waals surface area contributed by atoms with Crippen molar-refractivity contribution in [3.63, 3.8) is 0 Å². The van der Waals surface area contributed by atoms with Crippen LogP contribution in [0.2, 0.25) is 0 Å². The number of nitriles is 1. The predicted octanol–water partition coefficient (Wildman–Crippen LogP) is -3.44. The lowest BCUT2D eigenvalue weighted by Crippen LogP contribution is -3.00. The first kappa shape index (κ1) is 9.17. The van der Waals surface area contributed by atoms with E-state index in [0.29, 0.717) is 5.69 Å². The zero-order chi connectivity index (χ0) is 6.69.